The van der Waals surface area contributed by atoms with Gasteiger partial charge in [0.05, 0.1) is 4.92 Å². The Kier molecular flexibility index (Phi) is 11.0. The minimum atomic E-state index is -0.655. The zero-order valence-electron chi connectivity index (χ0n) is 23.8. The number of nitro benzene ring substituents is 1. The van der Waals surface area contributed by atoms with E-state index in [-0.39, 0.29) is 41.7 Å². The second kappa shape index (κ2) is 15.2. The molecule has 0 saturated carbocycles. The van der Waals surface area contributed by atoms with Crippen molar-refractivity contribution in [2.24, 2.45) is 0 Å². The molecule has 11 heteroatoms. The van der Waals surface area contributed by atoms with Crippen molar-refractivity contribution in [1.82, 2.24) is 10.6 Å². The summed E-state index contributed by atoms with van der Waals surface area (Å²) in [5, 5.41) is 22.7. The van der Waals surface area contributed by atoms with E-state index in [2.05, 4.69) is 21.3 Å². The van der Waals surface area contributed by atoms with E-state index in [1.165, 1.54) is 6.07 Å². The van der Waals surface area contributed by atoms with Crippen molar-refractivity contribution in [3.05, 3.63) is 99.1 Å². The fourth-order valence-corrected chi connectivity index (χ4v) is 4.68. The molecule has 0 spiro atoms. The number of nitro groups is 1. The van der Waals surface area contributed by atoms with Gasteiger partial charge < -0.3 is 21.3 Å². The summed E-state index contributed by atoms with van der Waals surface area (Å²) >= 11 is 0. The van der Waals surface area contributed by atoms with Gasteiger partial charge in [-0.3, -0.25) is 29.3 Å². The highest BCUT2D eigenvalue weighted by Gasteiger charge is 2.18. The molecule has 3 aromatic carbocycles. The van der Waals surface area contributed by atoms with Crippen LogP contribution in [0.4, 0.5) is 17.1 Å². The topological polar surface area (TPSA) is 160 Å². The van der Waals surface area contributed by atoms with E-state index in [4.69, 9.17) is 0 Å². The summed E-state index contributed by atoms with van der Waals surface area (Å²) in [6, 6.07) is 17.6. The number of hydrogen-bond acceptors (Lipinski definition) is 6. The van der Waals surface area contributed by atoms with Crippen LogP contribution >= 0.6 is 0 Å². The third-order valence-corrected chi connectivity index (χ3v) is 7.09. The van der Waals surface area contributed by atoms with Crippen LogP contribution in [0.2, 0.25) is 0 Å². The molecule has 4 N–H and O–H groups in total. The van der Waals surface area contributed by atoms with E-state index in [0.717, 1.165) is 61.8 Å². The Morgan fingerprint density at radius 1 is 0.558 bits per heavy atom. The van der Waals surface area contributed by atoms with Crippen molar-refractivity contribution in [2.45, 2.75) is 64.5 Å². The lowest BCUT2D eigenvalue weighted by atomic mass is 10.1. The summed E-state index contributed by atoms with van der Waals surface area (Å²) in [6.07, 6.45) is 6.30. The number of carbonyl (C=O) groups is 4. The summed E-state index contributed by atoms with van der Waals surface area (Å²) in [6.45, 7) is 0.293. The zero-order valence-corrected chi connectivity index (χ0v) is 23.8. The number of carbonyl (C=O) groups excluding carboxylic acids is 4. The molecule has 4 heterocycles. The molecule has 0 atom stereocenters. The molecule has 0 fully saturated rings. The van der Waals surface area contributed by atoms with Gasteiger partial charge >= 0.3 is 0 Å². The van der Waals surface area contributed by atoms with Gasteiger partial charge in [-0.25, -0.2) is 0 Å². The lowest BCUT2D eigenvalue weighted by molar-refractivity contribution is -0.384. The Balaban J connectivity index is 1.48. The van der Waals surface area contributed by atoms with E-state index in [0.29, 0.717) is 24.2 Å². The molecule has 0 saturated heterocycles. The Hall–Kier alpha value is -5.06. The summed E-state index contributed by atoms with van der Waals surface area (Å²) in [7, 11) is 0. The number of non-ortho nitro benzene ring substituents is 1. The number of benzene rings is 3. The van der Waals surface area contributed by atoms with Gasteiger partial charge in [0.25, 0.3) is 17.5 Å². The molecular weight excluding hydrogens is 550 g/mol. The molecule has 11 nitrogen and oxygen atoms in total. The lowest BCUT2D eigenvalue weighted by Crippen LogP contribution is -2.25. The van der Waals surface area contributed by atoms with Crippen molar-refractivity contribution in [3.8, 4) is 0 Å². The Labute approximate surface area is 249 Å². The Morgan fingerprint density at radius 3 is 1.35 bits per heavy atom. The Morgan fingerprint density at radius 2 is 0.953 bits per heavy atom. The highest BCUT2D eigenvalue weighted by Crippen LogP contribution is 2.19. The van der Waals surface area contributed by atoms with Crippen LogP contribution in [0.5, 0.6) is 0 Å². The maximum Gasteiger partial charge on any atom is 0.271 e. The Bertz CT molecular complexity index is 1370. The van der Waals surface area contributed by atoms with Crippen molar-refractivity contribution in [2.75, 3.05) is 10.6 Å². The van der Waals surface area contributed by atoms with Crippen LogP contribution in [0.3, 0.4) is 0 Å². The van der Waals surface area contributed by atoms with Crippen LogP contribution in [0.25, 0.3) is 0 Å². The zero-order chi connectivity index (χ0) is 30.6. The number of anilines is 2. The minimum Gasteiger partial charge on any atom is -0.348 e. The summed E-state index contributed by atoms with van der Waals surface area (Å²) in [5.74, 6) is -1.28. The van der Waals surface area contributed by atoms with Crippen LogP contribution in [-0.4, -0.2) is 28.6 Å². The maximum atomic E-state index is 12.9. The summed E-state index contributed by atoms with van der Waals surface area (Å²) < 4.78 is 0. The van der Waals surface area contributed by atoms with Gasteiger partial charge in [-0.05, 0) is 54.3 Å². The molecule has 4 aliphatic rings. The first-order valence-electron chi connectivity index (χ1n) is 14.4. The lowest BCUT2D eigenvalue weighted by Gasteiger charge is -2.10. The van der Waals surface area contributed by atoms with Gasteiger partial charge in [-0.15, -0.1) is 0 Å². The number of amides is 4. The SMILES string of the molecule is O=C1CCCCCCCCC(=O)Nc2ccc(cc2)CNC(=O)c2cc(cc([N+](=O)[O-])c2)C(=O)NCc2ccc(cc2)N1. The molecular formula is C32H35N5O6. The fourth-order valence-electron chi connectivity index (χ4n) is 4.68. The second-order valence-electron chi connectivity index (χ2n) is 10.5. The van der Waals surface area contributed by atoms with Gasteiger partial charge in [0.2, 0.25) is 11.8 Å². The van der Waals surface area contributed by atoms with E-state index in [1.807, 2.05) is 0 Å². The van der Waals surface area contributed by atoms with Gasteiger partial charge in [0.15, 0.2) is 0 Å². The molecule has 6 bridgehead atoms. The molecule has 43 heavy (non-hydrogen) atoms. The molecule has 0 unspecified atom stereocenters. The first-order chi connectivity index (χ1) is 20.8. The number of nitrogens with zero attached hydrogens (tertiary/aromatic N) is 1. The largest absolute Gasteiger partial charge is 0.348 e. The van der Waals surface area contributed by atoms with Crippen molar-refractivity contribution < 1.29 is 24.1 Å². The highest BCUT2D eigenvalue weighted by atomic mass is 16.6. The molecule has 224 valence electrons. The third kappa shape index (κ3) is 9.77. The van der Waals surface area contributed by atoms with E-state index in [1.54, 1.807) is 48.5 Å². The maximum absolute atomic E-state index is 12.9. The first-order valence-corrected chi connectivity index (χ1v) is 14.4. The average molecular weight is 586 g/mol. The molecule has 4 aliphatic heterocycles. The van der Waals surface area contributed by atoms with E-state index in [9.17, 15) is 29.3 Å². The number of hydrogen-bond donors (Lipinski definition) is 4. The summed E-state index contributed by atoms with van der Waals surface area (Å²) in [5.41, 5.74) is 2.40. The van der Waals surface area contributed by atoms with Crippen LogP contribution in [0.1, 0.15) is 83.2 Å². The molecule has 4 amide bonds. The fraction of sp³-hybridized carbons (Fsp3) is 0.312. The standard InChI is InChI=1S/C32H35N5O6/c38-29-7-5-3-1-2-4-6-8-30(39)36-27-15-11-23(12-16-27)21-34-32(41)25-17-24(18-28(19-25)37(42)43)31(40)33-20-22-9-13-26(35-29)14-10-22/h9-19H,1-8,20-21H2,(H,33,40)(H,34,41)(H,35,38)(H,36,39). The third-order valence-electron chi connectivity index (χ3n) is 7.09. The van der Waals surface area contributed by atoms with Crippen LogP contribution < -0.4 is 21.3 Å². The minimum absolute atomic E-state index is 0.0210. The van der Waals surface area contributed by atoms with Crippen molar-refractivity contribution in [1.29, 1.82) is 0 Å². The van der Waals surface area contributed by atoms with Crippen molar-refractivity contribution >= 4 is 40.7 Å². The van der Waals surface area contributed by atoms with Crippen LogP contribution in [-0.2, 0) is 22.7 Å². The van der Waals surface area contributed by atoms with Gasteiger partial charge in [-0.1, -0.05) is 49.9 Å². The van der Waals surface area contributed by atoms with Gasteiger partial charge in [0, 0.05) is 60.6 Å². The van der Waals surface area contributed by atoms with Gasteiger partial charge in [0.1, 0.15) is 0 Å². The molecule has 0 aliphatic carbocycles. The van der Waals surface area contributed by atoms with Crippen LogP contribution in [0, 0.1) is 10.1 Å². The molecule has 0 radical (unpaired) electrons. The molecule has 3 aromatic rings. The van der Waals surface area contributed by atoms with Gasteiger partial charge in [-0.2, -0.15) is 0 Å². The molecule has 0 aromatic heterocycles. The quantitative estimate of drug-likeness (QED) is 0.219. The predicted molar refractivity (Wildman–Crippen MR) is 163 cm³/mol. The first kappa shape index (κ1) is 30.9. The van der Waals surface area contributed by atoms with Crippen LogP contribution in [0.15, 0.2) is 66.7 Å². The smallest absolute Gasteiger partial charge is 0.271 e. The van der Waals surface area contributed by atoms with E-state index < -0.39 is 16.7 Å². The normalized spacial score (nSPS) is 16.1. The van der Waals surface area contributed by atoms with Crippen molar-refractivity contribution in [3.63, 3.8) is 0 Å². The number of nitrogens with one attached hydrogen (secondary N) is 4. The molecule has 7 rings (SSSR count). The second-order valence-corrected chi connectivity index (χ2v) is 10.5. The highest BCUT2D eigenvalue weighted by molar-refractivity contribution is 6.00. The average Bonchev–Trinajstić information content (AvgIpc) is 3.00. The summed E-state index contributed by atoms with van der Waals surface area (Å²) in [4.78, 5) is 61.3. The number of rotatable bonds is 1. The predicted octanol–water partition coefficient (Wildman–Crippen LogP) is 5.47. The van der Waals surface area contributed by atoms with E-state index >= 15 is 0 Å². The monoisotopic (exact) mass is 585 g/mol.